The minimum absolute atomic E-state index is 0.218. The van der Waals surface area contributed by atoms with Gasteiger partial charge in [-0.2, -0.15) is 0 Å². The lowest BCUT2D eigenvalue weighted by Gasteiger charge is -2.21. The zero-order valence-corrected chi connectivity index (χ0v) is 14.3. The number of rotatable bonds is 4. The van der Waals surface area contributed by atoms with E-state index in [9.17, 15) is 13.6 Å². The Morgan fingerprint density at radius 3 is 2.08 bits per heavy atom. The van der Waals surface area contributed by atoms with Crippen LogP contribution in [-0.4, -0.2) is 6.03 Å². The number of anilines is 1. The van der Waals surface area contributed by atoms with Crippen LogP contribution in [0.4, 0.5) is 19.3 Å². The van der Waals surface area contributed by atoms with Crippen LogP contribution in [0.5, 0.6) is 0 Å². The molecule has 0 aliphatic rings. The fourth-order valence-corrected chi connectivity index (χ4v) is 2.71. The molecular formula is C20H15ClF2N2O. The molecule has 0 spiro atoms. The molecule has 0 aromatic heterocycles. The van der Waals surface area contributed by atoms with Crippen LogP contribution >= 0.6 is 11.6 Å². The van der Waals surface area contributed by atoms with Gasteiger partial charge in [-0.3, -0.25) is 0 Å². The van der Waals surface area contributed by atoms with E-state index < -0.39 is 23.7 Å². The van der Waals surface area contributed by atoms with E-state index in [1.54, 1.807) is 54.6 Å². The summed E-state index contributed by atoms with van der Waals surface area (Å²) in [7, 11) is 0. The molecule has 0 radical (unpaired) electrons. The van der Waals surface area contributed by atoms with Crippen LogP contribution in [0.1, 0.15) is 17.2 Å². The van der Waals surface area contributed by atoms with E-state index in [1.807, 2.05) is 0 Å². The van der Waals surface area contributed by atoms with Crippen molar-refractivity contribution in [3.8, 4) is 0 Å². The summed E-state index contributed by atoms with van der Waals surface area (Å²) in [5, 5.41) is 5.79. The lowest BCUT2D eigenvalue weighted by Crippen LogP contribution is -2.34. The molecule has 3 rings (SSSR count). The van der Waals surface area contributed by atoms with E-state index in [4.69, 9.17) is 11.6 Å². The van der Waals surface area contributed by atoms with Crippen molar-refractivity contribution in [3.63, 3.8) is 0 Å². The predicted octanol–water partition coefficient (Wildman–Crippen LogP) is 5.53. The summed E-state index contributed by atoms with van der Waals surface area (Å²) in [5.41, 5.74) is 0.848. The standard InChI is InChI=1S/C20H15ClF2N2O/c21-14-9-11-15(12-10-14)24-20(26)25-19(13-5-2-1-3-6-13)18-16(22)7-4-8-17(18)23/h1-12,19H,(H2,24,25,26). The molecule has 26 heavy (non-hydrogen) atoms. The molecule has 2 amide bonds. The van der Waals surface area contributed by atoms with E-state index in [1.165, 1.54) is 6.07 Å². The fourth-order valence-electron chi connectivity index (χ4n) is 2.59. The van der Waals surface area contributed by atoms with Gasteiger partial charge >= 0.3 is 6.03 Å². The highest BCUT2D eigenvalue weighted by Crippen LogP contribution is 2.27. The summed E-state index contributed by atoms with van der Waals surface area (Å²) in [6, 6.07) is 17.2. The maximum absolute atomic E-state index is 14.3. The molecule has 0 aliphatic carbocycles. The second kappa shape index (κ2) is 7.97. The monoisotopic (exact) mass is 372 g/mol. The van der Waals surface area contributed by atoms with Crippen LogP contribution < -0.4 is 10.6 Å². The maximum atomic E-state index is 14.3. The highest BCUT2D eigenvalue weighted by atomic mass is 35.5. The lowest BCUT2D eigenvalue weighted by molar-refractivity contribution is 0.249. The van der Waals surface area contributed by atoms with Crippen LogP contribution in [0.3, 0.4) is 0 Å². The Balaban J connectivity index is 1.89. The SMILES string of the molecule is O=C(Nc1ccc(Cl)cc1)NC(c1ccccc1)c1c(F)cccc1F. The number of hydrogen-bond acceptors (Lipinski definition) is 1. The topological polar surface area (TPSA) is 41.1 Å². The van der Waals surface area contributed by atoms with Crippen LogP contribution in [0.2, 0.25) is 5.02 Å². The van der Waals surface area contributed by atoms with E-state index in [0.29, 0.717) is 16.3 Å². The van der Waals surface area contributed by atoms with Gasteiger partial charge < -0.3 is 10.6 Å². The van der Waals surface area contributed by atoms with Crippen molar-refractivity contribution in [1.82, 2.24) is 5.32 Å². The third kappa shape index (κ3) is 4.18. The summed E-state index contributed by atoms with van der Waals surface area (Å²) in [6.07, 6.45) is 0. The molecule has 2 N–H and O–H groups in total. The fraction of sp³-hybridized carbons (Fsp3) is 0.0500. The maximum Gasteiger partial charge on any atom is 0.319 e. The van der Waals surface area contributed by atoms with Crippen LogP contribution in [0, 0.1) is 11.6 Å². The van der Waals surface area contributed by atoms with Crippen molar-refractivity contribution in [2.24, 2.45) is 0 Å². The minimum Gasteiger partial charge on any atom is -0.327 e. The number of carbonyl (C=O) groups excluding carboxylic acids is 1. The van der Waals surface area contributed by atoms with Gasteiger partial charge in [0.25, 0.3) is 0 Å². The van der Waals surface area contributed by atoms with Gasteiger partial charge in [-0.25, -0.2) is 13.6 Å². The van der Waals surface area contributed by atoms with E-state index >= 15 is 0 Å². The summed E-state index contributed by atoms with van der Waals surface area (Å²) in [5.74, 6) is -1.46. The minimum atomic E-state index is -0.982. The highest BCUT2D eigenvalue weighted by Gasteiger charge is 2.23. The van der Waals surface area contributed by atoms with Crippen molar-refractivity contribution in [2.45, 2.75) is 6.04 Å². The van der Waals surface area contributed by atoms with Gasteiger partial charge in [0.1, 0.15) is 11.6 Å². The molecule has 0 saturated carbocycles. The second-order valence-corrected chi connectivity index (χ2v) is 6.02. The van der Waals surface area contributed by atoms with Crippen LogP contribution in [-0.2, 0) is 0 Å². The van der Waals surface area contributed by atoms with E-state index in [0.717, 1.165) is 12.1 Å². The predicted molar refractivity (Wildman–Crippen MR) is 98.2 cm³/mol. The van der Waals surface area contributed by atoms with Crippen molar-refractivity contribution in [1.29, 1.82) is 0 Å². The molecular weight excluding hydrogens is 358 g/mol. The molecule has 1 atom stereocenters. The molecule has 6 heteroatoms. The van der Waals surface area contributed by atoms with Gasteiger partial charge in [0.2, 0.25) is 0 Å². The molecule has 1 unspecified atom stereocenters. The average Bonchev–Trinajstić information content (AvgIpc) is 2.63. The van der Waals surface area contributed by atoms with Crippen molar-refractivity contribution < 1.29 is 13.6 Å². The van der Waals surface area contributed by atoms with Gasteiger partial charge in [-0.05, 0) is 42.0 Å². The molecule has 3 aromatic rings. The first-order chi connectivity index (χ1) is 12.5. The summed E-state index contributed by atoms with van der Waals surface area (Å²) < 4.78 is 28.6. The first-order valence-corrected chi connectivity index (χ1v) is 8.24. The molecule has 0 heterocycles. The molecule has 132 valence electrons. The Morgan fingerprint density at radius 1 is 0.846 bits per heavy atom. The summed E-state index contributed by atoms with van der Waals surface area (Å²) in [6.45, 7) is 0. The van der Waals surface area contributed by atoms with Crippen LogP contribution in [0.15, 0.2) is 72.8 Å². The molecule has 0 fully saturated rings. The number of carbonyl (C=O) groups is 1. The van der Waals surface area contributed by atoms with Gasteiger partial charge in [0.15, 0.2) is 0 Å². The lowest BCUT2D eigenvalue weighted by atomic mass is 9.98. The van der Waals surface area contributed by atoms with Gasteiger partial charge in [-0.15, -0.1) is 0 Å². The number of nitrogens with one attached hydrogen (secondary N) is 2. The zero-order chi connectivity index (χ0) is 18.5. The molecule has 3 nitrogen and oxygen atoms in total. The van der Waals surface area contributed by atoms with E-state index in [-0.39, 0.29) is 5.56 Å². The average molecular weight is 373 g/mol. The zero-order valence-electron chi connectivity index (χ0n) is 13.5. The Kier molecular flexibility index (Phi) is 5.49. The Hall–Kier alpha value is -2.92. The number of amides is 2. The van der Waals surface area contributed by atoms with Crippen LogP contribution in [0.25, 0.3) is 0 Å². The van der Waals surface area contributed by atoms with Crippen molar-refractivity contribution in [3.05, 3.63) is 101 Å². The first kappa shape index (κ1) is 17.9. The third-order valence-electron chi connectivity index (χ3n) is 3.80. The molecule has 0 bridgehead atoms. The largest absolute Gasteiger partial charge is 0.327 e. The molecule has 0 saturated heterocycles. The number of halogens is 3. The molecule has 3 aromatic carbocycles. The number of benzene rings is 3. The number of urea groups is 1. The smallest absolute Gasteiger partial charge is 0.319 e. The Bertz CT molecular complexity index is 881. The molecule has 0 aliphatic heterocycles. The number of hydrogen-bond donors (Lipinski definition) is 2. The van der Waals surface area contributed by atoms with Crippen molar-refractivity contribution >= 4 is 23.3 Å². The third-order valence-corrected chi connectivity index (χ3v) is 4.05. The summed E-state index contributed by atoms with van der Waals surface area (Å²) >= 11 is 5.82. The van der Waals surface area contributed by atoms with Gasteiger partial charge in [0, 0.05) is 10.7 Å². The Morgan fingerprint density at radius 2 is 1.46 bits per heavy atom. The van der Waals surface area contributed by atoms with Gasteiger partial charge in [-0.1, -0.05) is 48.0 Å². The quantitative estimate of drug-likeness (QED) is 0.621. The van der Waals surface area contributed by atoms with Crippen molar-refractivity contribution in [2.75, 3.05) is 5.32 Å². The van der Waals surface area contributed by atoms with E-state index in [2.05, 4.69) is 10.6 Å². The Labute approximate surface area is 154 Å². The van der Waals surface area contributed by atoms with Gasteiger partial charge in [0.05, 0.1) is 11.6 Å². The highest BCUT2D eigenvalue weighted by molar-refractivity contribution is 6.30. The first-order valence-electron chi connectivity index (χ1n) is 7.86. The second-order valence-electron chi connectivity index (χ2n) is 5.58. The summed E-state index contributed by atoms with van der Waals surface area (Å²) in [4.78, 5) is 12.4. The normalized spacial score (nSPS) is 11.7.